The summed E-state index contributed by atoms with van der Waals surface area (Å²) in [7, 11) is 0. The predicted molar refractivity (Wildman–Crippen MR) is 80.3 cm³/mol. The zero-order chi connectivity index (χ0) is 17.0. The molecule has 0 aromatic heterocycles. The summed E-state index contributed by atoms with van der Waals surface area (Å²) >= 11 is 0. The molecule has 23 heavy (non-hydrogen) atoms. The van der Waals surface area contributed by atoms with Gasteiger partial charge in [-0.1, -0.05) is 0 Å². The Kier molecular flexibility index (Phi) is 4.75. The van der Waals surface area contributed by atoms with Crippen LogP contribution in [-0.2, 0) is 0 Å². The third kappa shape index (κ3) is 3.73. The molecule has 0 unspecified atom stereocenters. The van der Waals surface area contributed by atoms with E-state index in [1.807, 2.05) is 0 Å². The molecule has 0 heterocycles. The number of phenols is 1. The highest BCUT2D eigenvalue weighted by Crippen LogP contribution is 2.29. The van der Waals surface area contributed by atoms with Crippen LogP contribution in [0.3, 0.4) is 0 Å². The predicted octanol–water partition coefficient (Wildman–Crippen LogP) is 3.09. The second-order valence-electron chi connectivity index (χ2n) is 4.49. The maximum absolute atomic E-state index is 13.3. The molecule has 0 atom stereocenters. The molecule has 0 saturated heterocycles. The number of amides is 1. The van der Waals surface area contributed by atoms with E-state index in [2.05, 4.69) is 5.32 Å². The van der Waals surface area contributed by atoms with Gasteiger partial charge >= 0.3 is 5.69 Å². The molecule has 2 rings (SSSR count). The van der Waals surface area contributed by atoms with Crippen LogP contribution in [0.25, 0.3) is 0 Å². The molecular formula is C15H13FN2O5. The molecule has 0 aliphatic rings. The molecule has 2 aromatic carbocycles. The van der Waals surface area contributed by atoms with Crippen LogP contribution >= 0.6 is 0 Å². The molecule has 0 radical (unpaired) electrons. The summed E-state index contributed by atoms with van der Waals surface area (Å²) in [5.74, 6) is -1.54. The number of ether oxygens (including phenoxy) is 1. The monoisotopic (exact) mass is 320 g/mol. The highest BCUT2D eigenvalue weighted by atomic mass is 19.1. The number of nitro benzene ring substituents is 1. The first-order valence-electron chi connectivity index (χ1n) is 6.63. The molecule has 0 bridgehead atoms. The van der Waals surface area contributed by atoms with E-state index in [4.69, 9.17) is 4.74 Å². The maximum Gasteiger partial charge on any atom is 0.311 e. The highest BCUT2D eigenvalue weighted by molar-refractivity contribution is 6.05. The van der Waals surface area contributed by atoms with Crippen LogP contribution in [0.15, 0.2) is 36.4 Å². The third-order valence-electron chi connectivity index (χ3n) is 2.92. The van der Waals surface area contributed by atoms with Crippen LogP contribution in [0, 0.1) is 15.9 Å². The smallest absolute Gasteiger partial charge is 0.311 e. The van der Waals surface area contributed by atoms with Gasteiger partial charge in [-0.3, -0.25) is 14.9 Å². The molecule has 0 fully saturated rings. The Bertz CT molecular complexity index is 764. The van der Waals surface area contributed by atoms with Crippen molar-refractivity contribution in [2.24, 2.45) is 0 Å². The first kappa shape index (κ1) is 16.2. The first-order chi connectivity index (χ1) is 10.9. The maximum atomic E-state index is 13.3. The van der Waals surface area contributed by atoms with Gasteiger partial charge in [0.2, 0.25) is 0 Å². The third-order valence-corrected chi connectivity index (χ3v) is 2.92. The number of nitro groups is 1. The molecule has 1 amide bonds. The number of carbonyl (C=O) groups is 1. The summed E-state index contributed by atoms with van der Waals surface area (Å²) in [6.45, 7) is 2.05. The SMILES string of the molecule is CCOc1ccc(F)cc1NC(=O)c1ccc(O)c([N+](=O)[O-])c1. The lowest BCUT2D eigenvalue weighted by Gasteiger charge is -2.11. The molecule has 7 nitrogen and oxygen atoms in total. The fourth-order valence-electron chi connectivity index (χ4n) is 1.89. The number of carbonyl (C=O) groups excluding carboxylic acids is 1. The second kappa shape index (κ2) is 6.73. The summed E-state index contributed by atoms with van der Waals surface area (Å²) in [6, 6.07) is 6.83. The fraction of sp³-hybridized carbons (Fsp3) is 0.133. The summed E-state index contributed by atoms with van der Waals surface area (Å²) in [6.07, 6.45) is 0. The van der Waals surface area contributed by atoms with Crippen molar-refractivity contribution >= 4 is 17.3 Å². The molecular weight excluding hydrogens is 307 g/mol. The van der Waals surface area contributed by atoms with E-state index in [-0.39, 0.29) is 17.0 Å². The van der Waals surface area contributed by atoms with E-state index >= 15 is 0 Å². The van der Waals surface area contributed by atoms with Crippen LogP contribution in [0.4, 0.5) is 15.8 Å². The average molecular weight is 320 g/mol. The molecule has 120 valence electrons. The van der Waals surface area contributed by atoms with E-state index in [1.54, 1.807) is 6.92 Å². The van der Waals surface area contributed by atoms with Gasteiger partial charge < -0.3 is 15.2 Å². The van der Waals surface area contributed by atoms with Crippen molar-refractivity contribution in [3.05, 3.63) is 57.9 Å². The molecule has 0 spiro atoms. The van der Waals surface area contributed by atoms with Crippen molar-refractivity contribution in [1.29, 1.82) is 0 Å². The van der Waals surface area contributed by atoms with E-state index in [1.165, 1.54) is 18.2 Å². The van der Waals surface area contributed by atoms with E-state index < -0.39 is 28.1 Å². The highest BCUT2D eigenvalue weighted by Gasteiger charge is 2.18. The number of phenolic OH excluding ortho intramolecular Hbond substituents is 1. The molecule has 2 aromatic rings. The van der Waals surface area contributed by atoms with Crippen molar-refractivity contribution in [3.8, 4) is 11.5 Å². The number of hydrogen-bond donors (Lipinski definition) is 2. The lowest BCUT2D eigenvalue weighted by Crippen LogP contribution is -2.13. The van der Waals surface area contributed by atoms with Gasteiger partial charge in [-0.15, -0.1) is 0 Å². The van der Waals surface area contributed by atoms with E-state index in [0.717, 1.165) is 18.2 Å². The van der Waals surface area contributed by atoms with Gasteiger partial charge in [-0.05, 0) is 31.2 Å². The molecule has 2 N–H and O–H groups in total. The van der Waals surface area contributed by atoms with Gasteiger partial charge in [0.05, 0.1) is 17.2 Å². The van der Waals surface area contributed by atoms with Crippen LogP contribution in [0.2, 0.25) is 0 Å². The largest absolute Gasteiger partial charge is 0.502 e. The number of rotatable bonds is 5. The Labute approximate surface area is 130 Å². The number of nitrogens with one attached hydrogen (secondary N) is 1. The van der Waals surface area contributed by atoms with Crippen molar-refractivity contribution in [3.63, 3.8) is 0 Å². The second-order valence-corrected chi connectivity index (χ2v) is 4.49. The Morgan fingerprint density at radius 2 is 2.09 bits per heavy atom. The number of halogens is 1. The van der Waals surface area contributed by atoms with Crippen molar-refractivity contribution in [2.45, 2.75) is 6.92 Å². The normalized spacial score (nSPS) is 10.2. The summed E-state index contributed by atoms with van der Waals surface area (Å²) in [5, 5.41) is 22.6. The Morgan fingerprint density at radius 3 is 2.74 bits per heavy atom. The standard InChI is InChI=1S/C15H13FN2O5/c1-2-23-14-6-4-10(16)8-11(14)17-15(20)9-3-5-13(19)12(7-9)18(21)22/h3-8,19H,2H2,1H3,(H,17,20). The zero-order valence-corrected chi connectivity index (χ0v) is 12.1. The summed E-state index contributed by atoms with van der Waals surface area (Å²) in [4.78, 5) is 22.2. The summed E-state index contributed by atoms with van der Waals surface area (Å²) < 4.78 is 18.6. The van der Waals surface area contributed by atoms with Crippen molar-refractivity contribution in [2.75, 3.05) is 11.9 Å². The number of benzene rings is 2. The van der Waals surface area contributed by atoms with Gasteiger partial charge in [0, 0.05) is 17.7 Å². The Balaban J connectivity index is 2.31. The molecule has 8 heteroatoms. The lowest BCUT2D eigenvalue weighted by molar-refractivity contribution is -0.385. The van der Waals surface area contributed by atoms with Crippen LogP contribution < -0.4 is 10.1 Å². The number of nitrogens with zero attached hydrogens (tertiary/aromatic N) is 1. The van der Waals surface area contributed by atoms with Crippen molar-refractivity contribution in [1.82, 2.24) is 0 Å². The topological polar surface area (TPSA) is 102 Å². The molecule has 0 aliphatic carbocycles. The Morgan fingerprint density at radius 1 is 1.35 bits per heavy atom. The minimum absolute atomic E-state index is 0.0544. The van der Waals surface area contributed by atoms with E-state index in [0.29, 0.717) is 6.61 Å². The van der Waals surface area contributed by atoms with E-state index in [9.17, 15) is 24.4 Å². The minimum Gasteiger partial charge on any atom is -0.502 e. The zero-order valence-electron chi connectivity index (χ0n) is 12.1. The van der Waals surface area contributed by atoms with Crippen LogP contribution in [-0.4, -0.2) is 22.5 Å². The minimum atomic E-state index is -0.806. The van der Waals surface area contributed by atoms with Crippen LogP contribution in [0.5, 0.6) is 11.5 Å². The van der Waals surface area contributed by atoms with Crippen molar-refractivity contribution < 1.29 is 24.0 Å². The van der Waals surface area contributed by atoms with Gasteiger partial charge in [-0.25, -0.2) is 4.39 Å². The molecule has 0 saturated carbocycles. The lowest BCUT2D eigenvalue weighted by atomic mass is 10.1. The summed E-state index contributed by atoms with van der Waals surface area (Å²) in [5.41, 5.74) is -0.546. The fourth-order valence-corrected chi connectivity index (χ4v) is 1.89. The average Bonchev–Trinajstić information content (AvgIpc) is 2.50. The van der Waals surface area contributed by atoms with Gasteiger partial charge in [0.25, 0.3) is 5.91 Å². The number of anilines is 1. The van der Waals surface area contributed by atoms with Gasteiger partial charge in [0.15, 0.2) is 5.75 Å². The number of hydrogen-bond acceptors (Lipinski definition) is 5. The number of aromatic hydroxyl groups is 1. The van der Waals surface area contributed by atoms with Gasteiger partial charge in [0.1, 0.15) is 11.6 Å². The first-order valence-corrected chi connectivity index (χ1v) is 6.63. The van der Waals surface area contributed by atoms with Gasteiger partial charge in [-0.2, -0.15) is 0 Å². The van der Waals surface area contributed by atoms with Crippen LogP contribution in [0.1, 0.15) is 17.3 Å². The quantitative estimate of drug-likeness (QED) is 0.651. The Hall–Kier alpha value is -3.16. The molecule has 0 aliphatic heterocycles.